The first-order valence-corrected chi connectivity index (χ1v) is 15.2. The van der Waals surface area contributed by atoms with E-state index in [1.54, 1.807) is 0 Å². The molecule has 7 aromatic carbocycles. The van der Waals surface area contributed by atoms with Crippen molar-refractivity contribution in [1.29, 1.82) is 0 Å². The Morgan fingerprint density at radius 2 is 0.952 bits per heavy atom. The van der Waals surface area contributed by atoms with Gasteiger partial charge in [-0.2, -0.15) is 0 Å². The molecular weight excluding hydrogens is 527 g/mol. The minimum absolute atomic E-state index is 1.19. The first-order valence-electron chi connectivity index (χ1n) is 14.3. The fourth-order valence-corrected chi connectivity index (χ4v) is 7.59. The maximum absolute atomic E-state index is 2.40. The number of fused-ring (bicyclic) bond motifs is 7. The van der Waals surface area contributed by atoms with Crippen LogP contribution in [0.5, 0.6) is 0 Å². The SMILES string of the molecule is c1ccc2cc(-n3c4ccccc4c4cc(-c5ccc(-c6ccc7sc8ccccc8c7c6)cc5)ccc43)ccc2c1. The average molecular weight is 552 g/mol. The molecule has 0 atom stereocenters. The molecule has 0 amide bonds. The smallest absolute Gasteiger partial charge is 0.0541 e. The van der Waals surface area contributed by atoms with E-state index in [1.807, 2.05) is 11.3 Å². The van der Waals surface area contributed by atoms with Gasteiger partial charge in [0.05, 0.1) is 11.0 Å². The zero-order valence-electron chi connectivity index (χ0n) is 22.8. The van der Waals surface area contributed by atoms with Crippen LogP contribution in [0.25, 0.3) is 80.7 Å². The summed E-state index contributed by atoms with van der Waals surface area (Å²) in [4.78, 5) is 0. The van der Waals surface area contributed by atoms with Crippen LogP contribution in [-0.4, -0.2) is 4.57 Å². The molecule has 9 aromatic rings. The summed E-state index contributed by atoms with van der Waals surface area (Å²) in [6.45, 7) is 0. The Balaban J connectivity index is 1.14. The highest BCUT2D eigenvalue weighted by Gasteiger charge is 2.14. The summed E-state index contributed by atoms with van der Waals surface area (Å²) in [5.74, 6) is 0. The number of thiophene rings is 1. The minimum Gasteiger partial charge on any atom is -0.309 e. The number of benzene rings is 7. The topological polar surface area (TPSA) is 4.93 Å². The number of nitrogens with zero attached hydrogens (tertiary/aromatic N) is 1. The third kappa shape index (κ3) is 3.62. The van der Waals surface area contributed by atoms with Crippen LogP contribution in [-0.2, 0) is 0 Å². The molecule has 0 bridgehead atoms. The van der Waals surface area contributed by atoms with Gasteiger partial charge in [-0.05, 0) is 81.6 Å². The molecule has 0 saturated carbocycles. The normalized spacial score (nSPS) is 11.8. The maximum Gasteiger partial charge on any atom is 0.0541 e. The van der Waals surface area contributed by atoms with Gasteiger partial charge in [-0.25, -0.2) is 0 Å². The molecule has 0 saturated heterocycles. The van der Waals surface area contributed by atoms with Crippen molar-refractivity contribution < 1.29 is 0 Å². The maximum atomic E-state index is 2.40. The van der Waals surface area contributed by atoms with Crippen LogP contribution >= 0.6 is 11.3 Å². The largest absolute Gasteiger partial charge is 0.309 e. The highest BCUT2D eigenvalue weighted by atomic mass is 32.1. The summed E-state index contributed by atoms with van der Waals surface area (Å²) in [7, 11) is 0. The molecule has 2 aromatic heterocycles. The van der Waals surface area contributed by atoms with E-state index in [0.717, 1.165) is 0 Å². The van der Waals surface area contributed by atoms with Crippen molar-refractivity contribution in [2.75, 3.05) is 0 Å². The monoisotopic (exact) mass is 551 g/mol. The first kappa shape index (κ1) is 23.5. The summed E-state index contributed by atoms with van der Waals surface area (Å²) in [5.41, 5.74) is 8.60. The van der Waals surface area contributed by atoms with Gasteiger partial charge in [0.1, 0.15) is 0 Å². The minimum atomic E-state index is 1.19. The Morgan fingerprint density at radius 1 is 0.357 bits per heavy atom. The summed E-state index contributed by atoms with van der Waals surface area (Å²) < 4.78 is 5.08. The molecule has 9 rings (SSSR count). The van der Waals surface area contributed by atoms with E-state index in [-0.39, 0.29) is 0 Å². The van der Waals surface area contributed by atoms with E-state index >= 15 is 0 Å². The van der Waals surface area contributed by atoms with Crippen LogP contribution in [0.3, 0.4) is 0 Å². The highest BCUT2D eigenvalue weighted by molar-refractivity contribution is 7.25. The van der Waals surface area contributed by atoms with Crippen molar-refractivity contribution in [3.05, 3.63) is 152 Å². The molecule has 0 aliphatic carbocycles. The van der Waals surface area contributed by atoms with Crippen molar-refractivity contribution in [2.45, 2.75) is 0 Å². The third-order valence-electron chi connectivity index (χ3n) is 8.59. The lowest BCUT2D eigenvalue weighted by Crippen LogP contribution is -1.93. The Labute approximate surface area is 247 Å². The van der Waals surface area contributed by atoms with Gasteiger partial charge < -0.3 is 4.57 Å². The number of hydrogen-bond donors (Lipinski definition) is 0. The van der Waals surface area contributed by atoms with Crippen LogP contribution in [0, 0.1) is 0 Å². The van der Waals surface area contributed by atoms with Crippen molar-refractivity contribution in [3.63, 3.8) is 0 Å². The van der Waals surface area contributed by atoms with Gasteiger partial charge >= 0.3 is 0 Å². The van der Waals surface area contributed by atoms with Gasteiger partial charge in [-0.3, -0.25) is 0 Å². The summed E-state index contributed by atoms with van der Waals surface area (Å²) in [6.07, 6.45) is 0. The Hall–Kier alpha value is -5.18. The van der Waals surface area contributed by atoms with Crippen LogP contribution in [0.15, 0.2) is 152 Å². The van der Waals surface area contributed by atoms with E-state index in [0.29, 0.717) is 0 Å². The lowest BCUT2D eigenvalue weighted by atomic mass is 9.98. The lowest BCUT2D eigenvalue weighted by Gasteiger charge is -2.10. The second kappa shape index (κ2) is 9.17. The van der Waals surface area contributed by atoms with Crippen LogP contribution in [0.4, 0.5) is 0 Å². The Bertz CT molecular complexity index is 2460. The molecule has 2 heteroatoms. The zero-order chi connectivity index (χ0) is 27.6. The number of aromatic nitrogens is 1. The average Bonchev–Trinajstić information content (AvgIpc) is 3.59. The Kier molecular flexibility index (Phi) is 5.13. The number of rotatable bonds is 3. The van der Waals surface area contributed by atoms with Crippen molar-refractivity contribution in [2.24, 2.45) is 0 Å². The van der Waals surface area contributed by atoms with Gasteiger partial charge in [0.15, 0.2) is 0 Å². The van der Waals surface area contributed by atoms with Crippen molar-refractivity contribution >= 4 is 64.1 Å². The van der Waals surface area contributed by atoms with E-state index in [1.165, 1.54) is 80.7 Å². The van der Waals surface area contributed by atoms with Crippen LogP contribution < -0.4 is 0 Å². The van der Waals surface area contributed by atoms with E-state index < -0.39 is 0 Å². The van der Waals surface area contributed by atoms with E-state index in [2.05, 4.69) is 156 Å². The molecule has 0 fully saturated rings. The zero-order valence-corrected chi connectivity index (χ0v) is 23.6. The van der Waals surface area contributed by atoms with Gasteiger partial charge in [-0.15, -0.1) is 11.3 Å². The fraction of sp³-hybridized carbons (Fsp3) is 0. The van der Waals surface area contributed by atoms with Crippen LogP contribution in [0.1, 0.15) is 0 Å². The second-order valence-corrected chi connectivity index (χ2v) is 12.1. The molecule has 0 aliphatic rings. The molecule has 196 valence electrons. The first-order chi connectivity index (χ1) is 20.8. The van der Waals surface area contributed by atoms with E-state index in [4.69, 9.17) is 0 Å². The molecule has 0 unspecified atom stereocenters. The van der Waals surface area contributed by atoms with Gasteiger partial charge in [0.25, 0.3) is 0 Å². The number of hydrogen-bond acceptors (Lipinski definition) is 1. The fourth-order valence-electron chi connectivity index (χ4n) is 6.51. The van der Waals surface area contributed by atoms with Crippen LogP contribution in [0.2, 0.25) is 0 Å². The quantitative estimate of drug-likeness (QED) is 0.206. The second-order valence-electron chi connectivity index (χ2n) is 11.0. The predicted octanol–water partition coefficient (Wildman–Crippen LogP) is 11.6. The molecule has 0 radical (unpaired) electrons. The molecule has 2 heterocycles. The molecule has 0 N–H and O–H groups in total. The van der Waals surface area contributed by atoms with Gasteiger partial charge in [0.2, 0.25) is 0 Å². The van der Waals surface area contributed by atoms with E-state index in [9.17, 15) is 0 Å². The van der Waals surface area contributed by atoms with Gasteiger partial charge in [-0.1, -0.05) is 103 Å². The van der Waals surface area contributed by atoms with Crippen molar-refractivity contribution in [1.82, 2.24) is 4.57 Å². The lowest BCUT2D eigenvalue weighted by molar-refractivity contribution is 1.19. The highest BCUT2D eigenvalue weighted by Crippen LogP contribution is 2.38. The Morgan fingerprint density at radius 3 is 1.79 bits per heavy atom. The van der Waals surface area contributed by atoms with Crippen molar-refractivity contribution in [3.8, 4) is 27.9 Å². The molecular formula is C40H25NS. The predicted molar refractivity (Wildman–Crippen MR) is 182 cm³/mol. The molecule has 0 aliphatic heterocycles. The summed E-state index contributed by atoms with van der Waals surface area (Å²) >= 11 is 1.87. The third-order valence-corrected chi connectivity index (χ3v) is 9.74. The summed E-state index contributed by atoms with van der Waals surface area (Å²) in [5, 5.41) is 7.74. The molecule has 0 spiro atoms. The number of para-hydroxylation sites is 1. The molecule has 1 nitrogen and oxygen atoms in total. The summed E-state index contributed by atoms with van der Waals surface area (Å²) in [6, 6.07) is 55.6. The van der Waals surface area contributed by atoms with Gasteiger partial charge in [0, 0.05) is 36.6 Å². The standard InChI is InChI=1S/C40H25NS/c1-2-8-29-23-32(20-17-26(29)7-1)41-37-11-5-3-9-33(37)35-24-30(18-21-38(35)41)27-13-15-28(16-14-27)31-19-22-40-36(25-31)34-10-4-6-12-39(34)42-40/h1-25H. The molecule has 42 heavy (non-hydrogen) atoms.